The zero-order valence-corrected chi connectivity index (χ0v) is 10.4. The van der Waals surface area contributed by atoms with Crippen LogP contribution in [0.25, 0.3) is 0 Å². The summed E-state index contributed by atoms with van der Waals surface area (Å²) in [7, 11) is -4.69. The second kappa shape index (κ2) is 5.16. The standard InChI is InChI=1S/C10H9F4NO3S/c1-2-9(16)15-19(17,18)8-4-3-6(11)5-7(8)10(12,13)14/h3-5H,2H2,1H3,(H,15,16). The normalized spacial score (nSPS) is 12.3. The lowest BCUT2D eigenvalue weighted by Gasteiger charge is -2.13. The molecule has 1 amide bonds. The first kappa shape index (κ1) is 15.4. The monoisotopic (exact) mass is 299 g/mol. The number of amides is 1. The van der Waals surface area contributed by atoms with Crippen LogP contribution in [0.15, 0.2) is 23.1 Å². The number of hydrogen-bond donors (Lipinski definition) is 1. The summed E-state index contributed by atoms with van der Waals surface area (Å²) in [6.45, 7) is 1.33. The third kappa shape index (κ3) is 3.66. The third-order valence-corrected chi connectivity index (χ3v) is 3.54. The number of benzene rings is 1. The number of carbonyl (C=O) groups excluding carboxylic acids is 1. The van der Waals surface area contributed by atoms with Crippen LogP contribution in [0.5, 0.6) is 0 Å². The van der Waals surface area contributed by atoms with Crippen molar-refractivity contribution in [2.24, 2.45) is 0 Å². The van der Waals surface area contributed by atoms with Crippen LogP contribution >= 0.6 is 0 Å². The fourth-order valence-electron chi connectivity index (χ4n) is 1.24. The van der Waals surface area contributed by atoms with Crippen molar-refractivity contribution < 1.29 is 30.8 Å². The number of hydrogen-bond acceptors (Lipinski definition) is 3. The highest BCUT2D eigenvalue weighted by atomic mass is 32.2. The predicted molar refractivity (Wildman–Crippen MR) is 57.0 cm³/mol. The number of carbonyl (C=O) groups is 1. The third-order valence-electron chi connectivity index (χ3n) is 2.11. The van der Waals surface area contributed by atoms with Crippen molar-refractivity contribution in [3.63, 3.8) is 0 Å². The quantitative estimate of drug-likeness (QED) is 0.869. The Balaban J connectivity index is 3.39. The summed E-state index contributed by atoms with van der Waals surface area (Å²) in [6, 6.07) is 1.09. The van der Waals surface area contributed by atoms with E-state index in [1.54, 1.807) is 0 Å². The predicted octanol–water partition coefficient (Wildman–Crippen LogP) is 2.06. The van der Waals surface area contributed by atoms with Crippen molar-refractivity contribution in [1.29, 1.82) is 0 Å². The van der Waals surface area contributed by atoms with Crippen LogP contribution < -0.4 is 4.72 Å². The Hall–Kier alpha value is -1.64. The Labute approximate surface area is 106 Å². The topological polar surface area (TPSA) is 63.2 Å². The highest BCUT2D eigenvalue weighted by Gasteiger charge is 2.38. The molecule has 0 heterocycles. The van der Waals surface area contributed by atoms with Gasteiger partial charge >= 0.3 is 6.18 Å². The largest absolute Gasteiger partial charge is 0.417 e. The average molecular weight is 299 g/mol. The minimum atomic E-state index is -5.05. The Morgan fingerprint density at radius 1 is 1.32 bits per heavy atom. The van der Waals surface area contributed by atoms with Crippen molar-refractivity contribution in [3.8, 4) is 0 Å². The molecule has 106 valence electrons. The molecule has 1 aromatic carbocycles. The molecule has 4 nitrogen and oxygen atoms in total. The van der Waals surface area contributed by atoms with Crippen molar-refractivity contribution in [2.75, 3.05) is 0 Å². The molecule has 0 spiro atoms. The number of nitrogens with one attached hydrogen (secondary N) is 1. The van der Waals surface area contributed by atoms with E-state index in [1.807, 2.05) is 0 Å². The lowest BCUT2D eigenvalue weighted by atomic mass is 10.2. The molecule has 0 aliphatic carbocycles. The van der Waals surface area contributed by atoms with E-state index in [0.717, 1.165) is 0 Å². The van der Waals surface area contributed by atoms with E-state index in [-0.39, 0.29) is 12.5 Å². The molecule has 19 heavy (non-hydrogen) atoms. The number of halogens is 4. The van der Waals surface area contributed by atoms with E-state index in [1.165, 1.54) is 11.6 Å². The first-order valence-electron chi connectivity index (χ1n) is 5.00. The van der Waals surface area contributed by atoms with Crippen LogP contribution in [0.1, 0.15) is 18.9 Å². The van der Waals surface area contributed by atoms with Gasteiger partial charge in [-0.25, -0.2) is 17.5 Å². The molecule has 0 saturated carbocycles. The lowest BCUT2D eigenvalue weighted by Crippen LogP contribution is -2.31. The van der Waals surface area contributed by atoms with E-state index >= 15 is 0 Å². The van der Waals surface area contributed by atoms with Gasteiger partial charge in [0.1, 0.15) is 5.82 Å². The Morgan fingerprint density at radius 2 is 1.89 bits per heavy atom. The molecule has 0 unspecified atom stereocenters. The minimum Gasteiger partial charge on any atom is -0.274 e. The summed E-state index contributed by atoms with van der Waals surface area (Å²) < 4.78 is 75.4. The molecular weight excluding hydrogens is 290 g/mol. The Morgan fingerprint density at radius 3 is 2.37 bits per heavy atom. The van der Waals surface area contributed by atoms with Gasteiger partial charge in [-0.2, -0.15) is 13.2 Å². The van der Waals surface area contributed by atoms with Gasteiger partial charge < -0.3 is 0 Å². The lowest BCUT2D eigenvalue weighted by molar-refractivity contribution is -0.140. The molecule has 9 heteroatoms. The molecular formula is C10H9F4NO3S. The molecule has 0 saturated heterocycles. The van der Waals surface area contributed by atoms with Crippen LogP contribution in [-0.2, 0) is 21.0 Å². The SMILES string of the molecule is CCC(=O)NS(=O)(=O)c1ccc(F)cc1C(F)(F)F. The average Bonchev–Trinajstić information content (AvgIpc) is 2.26. The Kier molecular flexibility index (Phi) is 4.18. The smallest absolute Gasteiger partial charge is 0.274 e. The van der Waals surface area contributed by atoms with Gasteiger partial charge in [-0.05, 0) is 18.2 Å². The van der Waals surface area contributed by atoms with Crippen molar-refractivity contribution in [2.45, 2.75) is 24.4 Å². The van der Waals surface area contributed by atoms with Gasteiger partial charge in [-0.1, -0.05) is 6.92 Å². The fourth-order valence-corrected chi connectivity index (χ4v) is 2.50. The summed E-state index contributed by atoms with van der Waals surface area (Å²) >= 11 is 0. The molecule has 0 fully saturated rings. The number of alkyl halides is 3. The maximum atomic E-state index is 12.8. The van der Waals surface area contributed by atoms with Crippen molar-refractivity contribution in [3.05, 3.63) is 29.6 Å². The van der Waals surface area contributed by atoms with Gasteiger partial charge in [0, 0.05) is 6.42 Å². The molecule has 0 atom stereocenters. The van der Waals surface area contributed by atoms with Gasteiger partial charge in [0.25, 0.3) is 10.0 Å². The summed E-state index contributed by atoms with van der Waals surface area (Å²) in [4.78, 5) is 9.79. The van der Waals surface area contributed by atoms with E-state index in [9.17, 15) is 30.8 Å². The number of rotatable bonds is 3. The molecule has 0 bridgehead atoms. The van der Waals surface area contributed by atoms with Crippen LogP contribution in [0, 0.1) is 5.82 Å². The highest BCUT2D eigenvalue weighted by molar-refractivity contribution is 7.90. The maximum absolute atomic E-state index is 12.8. The van der Waals surface area contributed by atoms with Crippen LogP contribution in [0.3, 0.4) is 0 Å². The number of sulfonamides is 1. The van der Waals surface area contributed by atoms with Gasteiger partial charge in [-0.15, -0.1) is 0 Å². The maximum Gasteiger partial charge on any atom is 0.417 e. The van der Waals surface area contributed by atoms with E-state index in [2.05, 4.69) is 0 Å². The van der Waals surface area contributed by atoms with Crippen molar-refractivity contribution in [1.82, 2.24) is 4.72 Å². The summed E-state index contributed by atoms with van der Waals surface area (Å²) in [5.41, 5.74) is -1.66. The fraction of sp³-hybridized carbons (Fsp3) is 0.300. The molecule has 1 N–H and O–H groups in total. The van der Waals surface area contributed by atoms with Gasteiger partial charge in [0.15, 0.2) is 0 Å². The zero-order chi connectivity index (χ0) is 14.8. The van der Waals surface area contributed by atoms with Crippen LogP contribution in [0.2, 0.25) is 0 Å². The highest BCUT2D eigenvalue weighted by Crippen LogP contribution is 2.34. The molecule has 0 radical (unpaired) electrons. The second-order valence-corrected chi connectivity index (χ2v) is 5.17. The first-order valence-corrected chi connectivity index (χ1v) is 6.48. The molecule has 0 aliphatic heterocycles. The molecule has 0 aliphatic rings. The van der Waals surface area contributed by atoms with Gasteiger partial charge in [-0.3, -0.25) is 4.79 Å². The van der Waals surface area contributed by atoms with E-state index in [0.29, 0.717) is 12.1 Å². The second-order valence-electron chi connectivity index (χ2n) is 3.52. The first-order chi connectivity index (χ1) is 8.58. The van der Waals surface area contributed by atoms with Gasteiger partial charge in [0.05, 0.1) is 10.5 Å². The van der Waals surface area contributed by atoms with Gasteiger partial charge in [0.2, 0.25) is 5.91 Å². The summed E-state index contributed by atoms with van der Waals surface area (Å²) in [5.74, 6) is -2.19. The molecule has 0 aromatic heterocycles. The minimum absolute atomic E-state index is 0.0605. The van der Waals surface area contributed by atoms with E-state index < -0.39 is 38.4 Å². The van der Waals surface area contributed by atoms with Crippen molar-refractivity contribution >= 4 is 15.9 Å². The molecule has 1 rings (SSSR count). The zero-order valence-electron chi connectivity index (χ0n) is 9.58. The molecule has 1 aromatic rings. The summed E-state index contributed by atoms with van der Waals surface area (Å²) in [5, 5.41) is 0. The van der Waals surface area contributed by atoms with E-state index in [4.69, 9.17) is 0 Å². The van der Waals surface area contributed by atoms with Crippen LogP contribution in [-0.4, -0.2) is 14.3 Å². The van der Waals surface area contributed by atoms with Crippen LogP contribution in [0.4, 0.5) is 17.6 Å². The summed E-state index contributed by atoms with van der Waals surface area (Å²) in [6.07, 6.45) is -5.27. The Bertz CT molecular complexity index is 595.